The fourth-order valence-corrected chi connectivity index (χ4v) is 8.55. The van der Waals surface area contributed by atoms with Crippen LogP contribution in [-0.2, 0) is 4.57 Å². The molecule has 3 heterocycles. The van der Waals surface area contributed by atoms with Crippen LogP contribution in [0.25, 0.3) is 0 Å². The van der Waals surface area contributed by atoms with Gasteiger partial charge in [-0.15, -0.1) is 0 Å². The largest absolute Gasteiger partial charge is 0.303 e. The van der Waals surface area contributed by atoms with Gasteiger partial charge in [0.05, 0.1) is 5.69 Å². The summed E-state index contributed by atoms with van der Waals surface area (Å²) >= 11 is 0. The van der Waals surface area contributed by atoms with Gasteiger partial charge >= 0.3 is 0 Å². The van der Waals surface area contributed by atoms with E-state index in [4.69, 9.17) is 4.98 Å². The molecule has 1 atom stereocenters. The van der Waals surface area contributed by atoms with E-state index in [1.54, 1.807) is 0 Å². The van der Waals surface area contributed by atoms with Gasteiger partial charge in [-0.2, -0.15) is 0 Å². The quantitative estimate of drug-likeness (QED) is 0.478. The third-order valence-electron chi connectivity index (χ3n) is 6.33. The highest BCUT2D eigenvalue weighted by Gasteiger charge is 2.52. The van der Waals surface area contributed by atoms with Crippen molar-refractivity contribution in [3.63, 3.8) is 0 Å². The van der Waals surface area contributed by atoms with Gasteiger partial charge in [-0.05, 0) is 62.3 Å². The first-order chi connectivity index (χ1) is 15.3. The average molecular weight is 433 g/mol. The number of benzene rings is 2. The summed E-state index contributed by atoms with van der Waals surface area (Å²) in [4.78, 5) is 7.15. The molecule has 0 radical (unpaired) electrons. The van der Waals surface area contributed by atoms with E-state index in [1.165, 1.54) is 6.42 Å². The van der Waals surface area contributed by atoms with E-state index in [0.29, 0.717) is 0 Å². The second-order valence-electron chi connectivity index (χ2n) is 8.23. The van der Waals surface area contributed by atoms with E-state index in [-0.39, 0.29) is 5.78 Å². The third-order valence-corrected chi connectivity index (χ3v) is 9.81. The van der Waals surface area contributed by atoms with Gasteiger partial charge in [0, 0.05) is 30.7 Å². The molecule has 2 aromatic carbocycles. The second-order valence-corrected chi connectivity index (χ2v) is 10.9. The number of piperidine rings is 1. The molecule has 1 aromatic heterocycles. The van der Waals surface area contributed by atoms with Crippen molar-refractivity contribution < 1.29 is 4.57 Å². The molecular formula is C25H29N4OP. The summed E-state index contributed by atoms with van der Waals surface area (Å²) in [6.07, 6.45) is 5.34. The predicted octanol–water partition coefficient (Wildman–Crippen LogP) is 5.79. The van der Waals surface area contributed by atoms with E-state index < -0.39 is 7.44 Å². The van der Waals surface area contributed by atoms with E-state index in [1.807, 2.05) is 60.8 Å². The summed E-state index contributed by atoms with van der Waals surface area (Å²) in [5.74, 6) is -0.267. The molecule has 31 heavy (non-hydrogen) atoms. The van der Waals surface area contributed by atoms with Crippen LogP contribution in [0.4, 0.5) is 11.4 Å². The summed E-state index contributed by atoms with van der Waals surface area (Å²) in [6, 6.07) is 26.4. The minimum Gasteiger partial charge on any atom is -0.303 e. The first-order valence-corrected chi connectivity index (χ1v) is 12.9. The number of likely N-dealkylation sites (tertiary alicyclic amines) is 1. The zero-order valence-corrected chi connectivity index (χ0v) is 18.6. The van der Waals surface area contributed by atoms with Crippen LogP contribution in [0.5, 0.6) is 0 Å². The minimum absolute atomic E-state index is 0.267. The van der Waals surface area contributed by atoms with Crippen LogP contribution in [-0.4, -0.2) is 36.1 Å². The lowest BCUT2D eigenvalue weighted by atomic mass is 10.1. The molecule has 0 aliphatic carbocycles. The third kappa shape index (κ3) is 3.77. The molecule has 1 unspecified atom stereocenters. The number of aromatic nitrogens is 1. The predicted molar refractivity (Wildman–Crippen MR) is 128 cm³/mol. The lowest BCUT2D eigenvalue weighted by Crippen LogP contribution is -2.39. The van der Waals surface area contributed by atoms with Crippen molar-refractivity contribution in [1.82, 2.24) is 9.88 Å². The zero-order chi connectivity index (χ0) is 21.1. The summed E-state index contributed by atoms with van der Waals surface area (Å²) in [5.41, 5.74) is 2.93. The Bertz CT molecular complexity index is 974. The topological polar surface area (TPSA) is 39.7 Å². The number of anilines is 2. The molecule has 6 heteroatoms. The molecule has 0 bridgehead atoms. The highest BCUT2D eigenvalue weighted by atomic mass is 31.2. The Balaban J connectivity index is 1.68. The Morgan fingerprint density at radius 2 is 1.23 bits per heavy atom. The van der Waals surface area contributed by atoms with Gasteiger partial charge in [0.15, 0.2) is 0 Å². The Morgan fingerprint density at radius 3 is 1.74 bits per heavy atom. The number of hydrogen-bond donors (Lipinski definition) is 0. The second kappa shape index (κ2) is 8.86. The number of rotatable bonds is 5. The fraction of sp³-hybridized carbons (Fsp3) is 0.320. The number of para-hydroxylation sites is 2. The van der Waals surface area contributed by atoms with Crippen LogP contribution in [0, 0.1) is 0 Å². The van der Waals surface area contributed by atoms with E-state index in [9.17, 15) is 0 Å². The molecule has 5 rings (SSSR count). The van der Waals surface area contributed by atoms with E-state index in [0.717, 1.165) is 56.1 Å². The molecule has 2 saturated heterocycles. The lowest BCUT2D eigenvalue weighted by Gasteiger charge is -2.43. The van der Waals surface area contributed by atoms with Crippen molar-refractivity contribution >= 4 is 18.8 Å². The Kier molecular flexibility index (Phi) is 5.80. The number of pyridine rings is 1. The first-order valence-electron chi connectivity index (χ1n) is 11.2. The summed E-state index contributed by atoms with van der Waals surface area (Å²) in [7, 11) is -3.10. The smallest absolute Gasteiger partial charge is 0.285 e. The van der Waals surface area contributed by atoms with Crippen LogP contribution in [0.2, 0.25) is 0 Å². The van der Waals surface area contributed by atoms with Crippen LogP contribution in [0.1, 0.15) is 30.7 Å². The number of nitrogens with zero attached hydrogens (tertiary/aromatic N) is 4. The average Bonchev–Trinajstić information content (AvgIpc) is 3.19. The van der Waals surface area contributed by atoms with Gasteiger partial charge in [0.2, 0.25) is 0 Å². The molecule has 0 spiro atoms. The molecule has 2 aliphatic heterocycles. The van der Waals surface area contributed by atoms with E-state index >= 15 is 4.57 Å². The lowest BCUT2D eigenvalue weighted by molar-refractivity contribution is 0.204. The normalized spacial score (nSPS) is 20.0. The zero-order valence-electron chi connectivity index (χ0n) is 17.8. The molecule has 5 nitrogen and oxygen atoms in total. The van der Waals surface area contributed by atoms with Crippen LogP contribution >= 0.6 is 7.44 Å². The summed E-state index contributed by atoms with van der Waals surface area (Å²) in [5, 5.41) is 0. The maximum Gasteiger partial charge on any atom is 0.285 e. The van der Waals surface area contributed by atoms with Crippen molar-refractivity contribution in [2.45, 2.75) is 25.0 Å². The van der Waals surface area contributed by atoms with Crippen LogP contribution < -0.4 is 9.34 Å². The van der Waals surface area contributed by atoms with Crippen molar-refractivity contribution in [2.75, 3.05) is 35.5 Å². The minimum atomic E-state index is -3.10. The van der Waals surface area contributed by atoms with Crippen molar-refractivity contribution in [3.05, 3.63) is 90.8 Å². The molecule has 0 amide bonds. The van der Waals surface area contributed by atoms with Crippen molar-refractivity contribution in [1.29, 1.82) is 0 Å². The number of hydrogen-bond acceptors (Lipinski definition) is 3. The highest BCUT2D eigenvalue weighted by molar-refractivity contribution is 7.67. The summed E-state index contributed by atoms with van der Waals surface area (Å²) in [6.45, 7) is 3.37. The van der Waals surface area contributed by atoms with Gasteiger partial charge in [0.1, 0.15) is 5.78 Å². The Morgan fingerprint density at radius 1 is 0.677 bits per heavy atom. The van der Waals surface area contributed by atoms with E-state index in [2.05, 4.69) is 38.5 Å². The van der Waals surface area contributed by atoms with Crippen molar-refractivity contribution in [3.8, 4) is 0 Å². The Hall–Kier alpha value is -2.62. The SMILES string of the molecule is O=P1(C(c2ccccn2)N2CCCCC2)N(c2ccccc2)CCN1c1ccccc1. The monoisotopic (exact) mass is 432 g/mol. The van der Waals surface area contributed by atoms with Crippen molar-refractivity contribution in [2.24, 2.45) is 0 Å². The van der Waals surface area contributed by atoms with Crippen LogP contribution in [0.15, 0.2) is 85.1 Å². The van der Waals surface area contributed by atoms with Gasteiger partial charge in [-0.1, -0.05) is 48.9 Å². The molecule has 0 N–H and O–H groups in total. The maximum atomic E-state index is 15.4. The fourth-order valence-electron chi connectivity index (χ4n) is 4.92. The standard InChI is InChI=1S/C25H29N4OP/c30-31(25(24-16-8-9-17-26-24)27-18-10-3-11-19-27)28(22-12-4-1-5-13-22)20-21-29(31)23-14-6-2-7-15-23/h1-2,4-9,12-17,25H,3,10-11,18-21H2. The molecule has 160 valence electrons. The molecule has 2 aliphatic rings. The Labute approximate surface area is 184 Å². The maximum absolute atomic E-state index is 15.4. The van der Waals surface area contributed by atoms with Gasteiger partial charge < -0.3 is 9.34 Å². The highest BCUT2D eigenvalue weighted by Crippen LogP contribution is 2.69. The van der Waals surface area contributed by atoms with Gasteiger partial charge in [-0.3, -0.25) is 14.4 Å². The van der Waals surface area contributed by atoms with Crippen LogP contribution in [0.3, 0.4) is 0 Å². The molecule has 3 aromatic rings. The molecule has 0 saturated carbocycles. The van der Waals surface area contributed by atoms with Gasteiger partial charge in [0.25, 0.3) is 7.44 Å². The first kappa shape index (κ1) is 20.3. The molecule has 2 fully saturated rings. The molecular weight excluding hydrogens is 403 g/mol. The summed E-state index contributed by atoms with van der Waals surface area (Å²) < 4.78 is 19.8. The van der Waals surface area contributed by atoms with Gasteiger partial charge in [-0.25, -0.2) is 0 Å².